The van der Waals surface area contributed by atoms with Gasteiger partial charge in [-0.15, -0.1) is 0 Å². The molecule has 1 aromatic carbocycles. The predicted octanol–water partition coefficient (Wildman–Crippen LogP) is 3.83. The highest BCUT2D eigenvalue weighted by molar-refractivity contribution is 5.86. The summed E-state index contributed by atoms with van der Waals surface area (Å²) in [6.07, 6.45) is -2.30. The van der Waals surface area contributed by atoms with Crippen molar-refractivity contribution in [3.8, 4) is 23.2 Å². The van der Waals surface area contributed by atoms with Gasteiger partial charge in [0, 0.05) is 18.7 Å². The van der Waals surface area contributed by atoms with Crippen LogP contribution in [-0.4, -0.2) is 43.6 Å². The molecule has 208 valence electrons. The number of benzene rings is 1. The van der Waals surface area contributed by atoms with Crippen LogP contribution in [0.5, 0.6) is 5.75 Å². The lowest BCUT2D eigenvalue weighted by atomic mass is 10.1. The number of halogens is 5. The Morgan fingerprint density at radius 1 is 1.20 bits per heavy atom. The van der Waals surface area contributed by atoms with Gasteiger partial charge in [0.2, 0.25) is 0 Å². The number of aromatic amines is 1. The molecule has 15 heteroatoms. The average molecular weight is 561 g/mol. The molecule has 4 aromatic rings. The lowest BCUT2D eigenvalue weighted by Crippen LogP contribution is -2.30. The molecule has 0 aliphatic rings. The van der Waals surface area contributed by atoms with Crippen LogP contribution >= 0.6 is 0 Å². The largest absolute Gasteiger partial charge is 0.476 e. The molecule has 0 aliphatic heterocycles. The second-order valence-electron chi connectivity index (χ2n) is 8.75. The molecular weight excluding hydrogens is 541 g/mol. The Hall–Kier alpha value is -4.87. The van der Waals surface area contributed by atoms with E-state index in [4.69, 9.17) is 10.00 Å². The number of nitrogens with zero attached hydrogens (tertiary/aromatic N) is 5. The third-order valence-electron chi connectivity index (χ3n) is 5.78. The van der Waals surface area contributed by atoms with E-state index in [1.165, 1.54) is 37.6 Å². The van der Waals surface area contributed by atoms with Gasteiger partial charge >= 0.3 is 6.18 Å². The van der Waals surface area contributed by atoms with Crippen LogP contribution in [0.1, 0.15) is 18.9 Å². The van der Waals surface area contributed by atoms with E-state index >= 15 is 0 Å². The number of H-pyrrole nitrogens is 1. The van der Waals surface area contributed by atoms with Crippen LogP contribution in [0.4, 0.5) is 27.6 Å². The van der Waals surface area contributed by atoms with Crippen molar-refractivity contribution in [3.63, 3.8) is 0 Å². The van der Waals surface area contributed by atoms with Crippen molar-refractivity contribution < 1.29 is 26.7 Å². The molecule has 3 heterocycles. The van der Waals surface area contributed by atoms with Crippen molar-refractivity contribution in [1.29, 1.82) is 5.26 Å². The first-order chi connectivity index (χ1) is 19.0. The summed E-state index contributed by atoms with van der Waals surface area (Å²) in [6, 6.07) is 4.77. The number of fused-ring (bicyclic) bond motifs is 1. The number of ether oxygens (including phenoxy) is 1. The first kappa shape index (κ1) is 28.1. The second-order valence-corrected chi connectivity index (χ2v) is 8.75. The van der Waals surface area contributed by atoms with Gasteiger partial charge in [-0.3, -0.25) is 9.59 Å². The summed E-state index contributed by atoms with van der Waals surface area (Å²) >= 11 is 0. The van der Waals surface area contributed by atoms with E-state index in [0.717, 1.165) is 16.8 Å². The Morgan fingerprint density at radius 2 is 1.93 bits per heavy atom. The normalized spacial score (nSPS) is 13.0. The number of rotatable bonds is 9. The Labute approximate surface area is 222 Å². The number of hydrogen-bond donors (Lipinski definition) is 2. The molecule has 10 nitrogen and oxygen atoms in total. The lowest BCUT2D eigenvalue weighted by Gasteiger charge is -2.20. The van der Waals surface area contributed by atoms with Crippen LogP contribution in [0.25, 0.3) is 22.2 Å². The first-order valence-electron chi connectivity index (χ1n) is 11.7. The summed E-state index contributed by atoms with van der Waals surface area (Å²) in [4.78, 5) is 32.6. The predicted molar refractivity (Wildman–Crippen MR) is 133 cm³/mol. The van der Waals surface area contributed by atoms with Gasteiger partial charge in [-0.05, 0) is 30.5 Å². The van der Waals surface area contributed by atoms with Gasteiger partial charge in [0.1, 0.15) is 23.6 Å². The third-order valence-corrected chi connectivity index (χ3v) is 5.78. The zero-order valence-electron chi connectivity index (χ0n) is 20.7. The molecule has 0 aliphatic carbocycles. The molecular formula is C25H20F5N7O3. The van der Waals surface area contributed by atoms with Crippen molar-refractivity contribution in [2.75, 3.05) is 11.9 Å². The first-order valence-corrected chi connectivity index (χ1v) is 11.7. The Morgan fingerprint density at radius 3 is 2.60 bits per heavy atom. The number of nitrogens with one attached hydrogen (secondary N) is 2. The highest BCUT2D eigenvalue weighted by atomic mass is 19.4. The Balaban J connectivity index is 1.49. The number of nitriles is 1. The standard InChI is InChI=1S/C25H20F5N7O3/c1-13(35-20-11-34-36-23(38)21(20)25(28,29)30)6-15(26)12-37-4-2-14-7-18(19(27)8-17(14)24(37)39)22-32-9-16(10-33-22)40-5-3-31/h2,4,7-11,13,15H,5-6,12H2,1H3,(H2,35,36,38)/t13-,15+/m0/s1. The summed E-state index contributed by atoms with van der Waals surface area (Å²) in [5.41, 5.74) is -4.19. The summed E-state index contributed by atoms with van der Waals surface area (Å²) in [5.74, 6) is -0.563. The fourth-order valence-corrected chi connectivity index (χ4v) is 4.05. The lowest BCUT2D eigenvalue weighted by molar-refractivity contribution is -0.138. The van der Waals surface area contributed by atoms with Gasteiger partial charge in [-0.2, -0.15) is 23.5 Å². The van der Waals surface area contributed by atoms with Crippen molar-refractivity contribution in [2.45, 2.75) is 38.3 Å². The SMILES string of the molecule is C[C@@H](C[C@@H](F)Cn1ccc2cc(-c3ncc(OCC#N)cn3)c(F)cc2c1=O)Nc1cn[nH]c(=O)c1C(F)(F)F. The fourth-order valence-electron chi connectivity index (χ4n) is 4.05. The van der Waals surface area contributed by atoms with Crippen LogP contribution in [0.3, 0.4) is 0 Å². The van der Waals surface area contributed by atoms with Crippen molar-refractivity contribution >= 4 is 16.5 Å². The minimum absolute atomic E-state index is 0.00668. The van der Waals surface area contributed by atoms with E-state index in [0.29, 0.717) is 5.39 Å². The quantitative estimate of drug-likeness (QED) is 0.294. The Bertz CT molecular complexity index is 1680. The molecule has 4 rings (SSSR count). The van der Waals surface area contributed by atoms with E-state index in [1.807, 2.05) is 0 Å². The van der Waals surface area contributed by atoms with Gasteiger partial charge in [0.05, 0.1) is 41.8 Å². The molecule has 2 atom stereocenters. The molecule has 0 bridgehead atoms. The zero-order valence-corrected chi connectivity index (χ0v) is 20.7. The van der Waals surface area contributed by atoms with E-state index in [9.17, 15) is 31.5 Å². The average Bonchev–Trinajstić information content (AvgIpc) is 2.88. The summed E-state index contributed by atoms with van der Waals surface area (Å²) < 4.78 is 75.6. The number of alkyl halides is 4. The third kappa shape index (κ3) is 6.22. The number of hydrogen-bond acceptors (Lipinski definition) is 8. The second kappa shape index (κ2) is 11.5. The van der Waals surface area contributed by atoms with E-state index in [2.05, 4.69) is 20.4 Å². The van der Waals surface area contributed by atoms with Gasteiger partial charge in [-0.1, -0.05) is 0 Å². The topological polar surface area (TPSA) is 139 Å². The van der Waals surface area contributed by atoms with Gasteiger partial charge in [0.25, 0.3) is 11.1 Å². The van der Waals surface area contributed by atoms with Gasteiger partial charge in [0.15, 0.2) is 18.2 Å². The maximum Gasteiger partial charge on any atom is 0.423 e. The van der Waals surface area contributed by atoms with Crippen LogP contribution in [0, 0.1) is 17.1 Å². The highest BCUT2D eigenvalue weighted by Gasteiger charge is 2.37. The maximum absolute atomic E-state index is 14.9. The molecule has 0 spiro atoms. The summed E-state index contributed by atoms with van der Waals surface area (Å²) in [6.45, 7) is 0.758. The number of anilines is 1. The van der Waals surface area contributed by atoms with Crippen LogP contribution in [0.2, 0.25) is 0 Å². The van der Waals surface area contributed by atoms with Crippen LogP contribution < -0.4 is 21.2 Å². The van der Waals surface area contributed by atoms with Crippen LogP contribution in [-0.2, 0) is 12.7 Å². The molecule has 0 saturated heterocycles. The van der Waals surface area contributed by atoms with Crippen molar-refractivity contribution in [3.05, 3.63) is 75.1 Å². The molecule has 3 aromatic heterocycles. The minimum atomic E-state index is -4.96. The fraction of sp³-hybridized carbons (Fsp3) is 0.280. The van der Waals surface area contributed by atoms with E-state index < -0.39 is 53.1 Å². The van der Waals surface area contributed by atoms with Crippen molar-refractivity contribution in [1.82, 2.24) is 24.7 Å². The van der Waals surface area contributed by atoms with Crippen molar-refractivity contribution in [2.24, 2.45) is 0 Å². The molecule has 0 fully saturated rings. The molecule has 0 amide bonds. The monoisotopic (exact) mass is 561 g/mol. The summed E-state index contributed by atoms with van der Waals surface area (Å²) in [5, 5.41) is 16.4. The summed E-state index contributed by atoms with van der Waals surface area (Å²) in [7, 11) is 0. The smallest absolute Gasteiger partial charge is 0.423 e. The minimum Gasteiger partial charge on any atom is -0.476 e. The van der Waals surface area contributed by atoms with Crippen LogP contribution in [0.15, 0.2) is 52.6 Å². The molecule has 0 radical (unpaired) electrons. The molecule has 0 saturated carbocycles. The number of pyridine rings is 1. The van der Waals surface area contributed by atoms with E-state index in [1.54, 1.807) is 11.2 Å². The number of aromatic nitrogens is 5. The molecule has 0 unspecified atom stereocenters. The molecule has 2 N–H and O–H groups in total. The van der Waals surface area contributed by atoms with Gasteiger partial charge < -0.3 is 14.6 Å². The van der Waals surface area contributed by atoms with E-state index in [-0.39, 0.29) is 35.6 Å². The Kier molecular flexibility index (Phi) is 8.08. The van der Waals surface area contributed by atoms with Gasteiger partial charge in [-0.25, -0.2) is 23.8 Å². The maximum atomic E-state index is 14.9. The molecule has 40 heavy (non-hydrogen) atoms. The highest BCUT2D eigenvalue weighted by Crippen LogP contribution is 2.32. The zero-order chi connectivity index (χ0) is 29.0.